The molecule has 1 aromatic carbocycles. The molecule has 2 saturated heterocycles. The molecule has 0 aliphatic carbocycles. The number of rotatable bonds is 3. The van der Waals surface area contributed by atoms with E-state index in [4.69, 9.17) is 9.47 Å². The number of anilines is 1. The van der Waals surface area contributed by atoms with Crippen LogP contribution in [0.1, 0.15) is 19.3 Å². The van der Waals surface area contributed by atoms with Crippen molar-refractivity contribution in [2.24, 2.45) is 0 Å². The summed E-state index contributed by atoms with van der Waals surface area (Å²) in [6.07, 6.45) is 2.40. The molecule has 2 fully saturated rings. The molecule has 5 heteroatoms. The third kappa shape index (κ3) is 2.88. The van der Waals surface area contributed by atoms with Crippen molar-refractivity contribution in [3.8, 4) is 5.75 Å². The van der Waals surface area contributed by atoms with Crippen molar-refractivity contribution in [2.45, 2.75) is 31.5 Å². The Morgan fingerprint density at radius 2 is 2.00 bits per heavy atom. The zero-order valence-electron chi connectivity index (χ0n) is 11.4. The Morgan fingerprint density at radius 1 is 1.20 bits per heavy atom. The maximum Gasteiger partial charge on any atom is 0.150 e. The van der Waals surface area contributed by atoms with Crippen LogP contribution in [0, 0.1) is 5.82 Å². The number of hydrogen-bond donors (Lipinski definition) is 1. The Balaban J connectivity index is 1.70. The average Bonchev–Trinajstić information content (AvgIpc) is 2.85. The van der Waals surface area contributed by atoms with Gasteiger partial charge in [0.25, 0.3) is 0 Å². The largest absolute Gasteiger partial charge is 0.485 e. The van der Waals surface area contributed by atoms with Crippen molar-refractivity contribution in [3.63, 3.8) is 0 Å². The van der Waals surface area contributed by atoms with E-state index in [2.05, 4.69) is 4.90 Å². The van der Waals surface area contributed by atoms with Gasteiger partial charge in [0.1, 0.15) is 23.8 Å². The molecule has 0 bridgehead atoms. The third-order valence-corrected chi connectivity index (χ3v) is 3.90. The van der Waals surface area contributed by atoms with Gasteiger partial charge in [-0.25, -0.2) is 4.39 Å². The van der Waals surface area contributed by atoms with Crippen LogP contribution in [-0.4, -0.2) is 43.6 Å². The first kappa shape index (κ1) is 13.6. The van der Waals surface area contributed by atoms with E-state index in [1.165, 1.54) is 12.5 Å². The standard InChI is InChI=1S/C15H20FNO3/c16-12-8-11(20-15-10-19-9-14(15)18)4-5-13(12)17-6-2-1-3-7-17/h4-5,8,14-15,18H,1-3,6-7,9-10H2. The number of halogens is 1. The van der Waals surface area contributed by atoms with Crippen molar-refractivity contribution >= 4 is 5.69 Å². The van der Waals surface area contributed by atoms with E-state index in [1.807, 2.05) is 0 Å². The van der Waals surface area contributed by atoms with Crippen LogP contribution in [0.25, 0.3) is 0 Å². The van der Waals surface area contributed by atoms with Crippen molar-refractivity contribution in [2.75, 3.05) is 31.2 Å². The number of aliphatic hydroxyl groups is 1. The summed E-state index contributed by atoms with van der Waals surface area (Å²) in [4.78, 5) is 2.08. The van der Waals surface area contributed by atoms with Crippen LogP contribution in [0.15, 0.2) is 18.2 Å². The Kier molecular flexibility index (Phi) is 4.08. The minimum atomic E-state index is -0.639. The topological polar surface area (TPSA) is 41.9 Å². The highest BCUT2D eigenvalue weighted by Crippen LogP contribution is 2.27. The minimum Gasteiger partial charge on any atom is -0.485 e. The highest BCUT2D eigenvalue weighted by atomic mass is 19.1. The molecule has 0 radical (unpaired) electrons. The number of hydrogen-bond acceptors (Lipinski definition) is 4. The van der Waals surface area contributed by atoms with Gasteiger partial charge in [-0.3, -0.25) is 0 Å². The fraction of sp³-hybridized carbons (Fsp3) is 0.600. The Morgan fingerprint density at radius 3 is 2.65 bits per heavy atom. The van der Waals surface area contributed by atoms with Crippen molar-refractivity contribution < 1.29 is 19.0 Å². The van der Waals surface area contributed by atoms with E-state index in [0.29, 0.717) is 18.0 Å². The van der Waals surface area contributed by atoms with Gasteiger partial charge in [0.15, 0.2) is 0 Å². The second-order valence-corrected chi connectivity index (χ2v) is 5.42. The maximum atomic E-state index is 14.2. The Labute approximate surface area is 118 Å². The van der Waals surface area contributed by atoms with Crippen LogP contribution in [0.4, 0.5) is 10.1 Å². The molecule has 0 amide bonds. The molecule has 2 unspecified atom stereocenters. The van der Waals surface area contributed by atoms with Crippen molar-refractivity contribution in [1.29, 1.82) is 0 Å². The van der Waals surface area contributed by atoms with E-state index in [1.54, 1.807) is 12.1 Å². The van der Waals surface area contributed by atoms with E-state index < -0.39 is 12.2 Å². The van der Waals surface area contributed by atoms with E-state index in [-0.39, 0.29) is 12.4 Å². The van der Waals surface area contributed by atoms with E-state index >= 15 is 0 Å². The molecule has 110 valence electrons. The zero-order chi connectivity index (χ0) is 13.9. The quantitative estimate of drug-likeness (QED) is 0.919. The lowest BCUT2D eigenvalue weighted by Gasteiger charge is -2.29. The van der Waals surface area contributed by atoms with Crippen LogP contribution in [0.2, 0.25) is 0 Å². The highest BCUT2D eigenvalue weighted by Gasteiger charge is 2.28. The lowest BCUT2D eigenvalue weighted by molar-refractivity contribution is 0.0731. The van der Waals surface area contributed by atoms with Crippen LogP contribution in [-0.2, 0) is 4.74 Å². The molecule has 4 nitrogen and oxygen atoms in total. The van der Waals surface area contributed by atoms with Gasteiger partial charge in [0.05, 0.1) is 18.9 Å². The normalized spacial score (nSPS) is 26.8. The molecule has 3 rings (SSSR count). The van der Waals surface area contributed by atoms with Gasteiger partial charge < -0.3 is 19.5 Å². The summed E-state index contributed by atoms with van der Waals surface area (Å²) in [5.41, 5.74) is 0.639. The predicted octanol–water partition coefficient (Wildman–Crippen LogP) is 1.95. The van der Waals surface area contributed by atoms with E-state index in [0.717, 1.165) is 25.9 Å². The number of ether oxygens (including phenoxy) is 2. The maximum absolute atomic E-state index is 14.2. The lowest BCUT2D eigenvalue weighted by atomic mass is 10.1. The molecule has 20 heavy (non-hydrogen) atoms. The second-order valence-electron chi connectivity index (χ2n) is 5.42. The fourth-order valence-corrected chi connectivity index (χ4v) is 2.76. The van der Waals surface area contributed by atoms with Crippen LogP contribution < -0.4 is 9.64 Å². The van der Waals surface area contributed by atoms with Gasteiger partial charge in [-0.1, -0.05) is 0 Å². The van der Waals surface area contributed by atoms with Gasteiger partial charge in [0.2, 0.25) is 0 Å². The Hall–Kier alpha value is -1.33. The molecule has 2 aliphatic rings. The summed E-state index contributed by atoms with van der Waals surface area (Å²) < 4.78 is 24.9. The molecule has 1 aromatic rings. The number of piperidine rings is 1. The average molecular weight is 281 g/mol. The van der Waals surface area contributed by atoms with Crippen molar-refractivity contribution in [3.05, 3.63) is 24.0 Å². The number of aliphatic hydroxyl groups excluding tert-OH is 1. The molecule has 0 aromatic heterocycles. The number of benzene rings is 1. The predicted molar refractivity (Wildman–Crippen MR) is 73.7 cm³/mol. The molecular weight excluding hydrogens is 261 g/mol. The monoisotopic (exact) mass is 281 g/mol. The van der Waals surface area contributed by atoms with Gasteiger partial charge in [-0.05, 0) is 31.4 Å². The number of nitrogens with zero attached hydrogens (tertiary/aromatic N) is 1. The summed E-state index contributed by atoms with van der Waals surface area (Å²) in [6.45, 7) is 2.44. The summed E-state index contributed by atoms with van der Waals surface area (Å²) in [5.74, 6) is 0.176. The molecule has 0 saturated carbocycles. The highest BCUT2D eigenvalue weighted by molar-refractivity contribution is 5.50. The summed E-state index contributed by atoms with van der Waals surface area (Å²) in [5, 5.41) is 9.63. The van der Waals surface area contributed by atoms with Crippen LogP contribution in [0.5, 0.6) is 5.75 Å². The summed E-state index contributed by atoms with van der Waals surface area (Å²) in [7, 11) is 0. The molecular formula is C15H20FNO3. The molecule has 0 spiro atoms. The first-order valence-corrected chi connectivity index (χ1v) is 7.21. The van der Waals surface area contributed by atoms with Crippen molar-refractivity contribution in [1.82, 2.24) is 0 Å². The van der Waals surface area contributed by atoms with Crippen LogP contribution in [0.3, 0.4) is 0 Å². The molecule has 2 heterocycles. The summed E-state index contributed by atoms with van der Waals surface area (Å²) >= 11 is 0. The first-order valence-electron chi connectivity index (χ1n) is 7.21. The second kappa shape index (κ2) is 5.97. The molecule has 2 atom stereocenters. The Bertz CT molecular complexity index is 462. The molecule has 1 N–H and O–H groups in total. The van der Waals surface area contributed by atoms with Gasteiger partial charge in [-0.2, -0.15) is 0 Å². The third-order valence-electron chi connectivity index (χ3n) is 3.90. The zero-order valence-corrected chi connectivity index (χ0v) is 11.4. The SMILES string of the molecule is OC1COCC1Oc1ccc(N2CCCCC2)c(F)c1. The van der Waals surface area contributed by atoms with Gasteiger partial charge in [0, 0.05) is 19.2 Å². The van der Waals surface area contributed by atoms with Gasteiger partial charge in [-0.15, -0.1) is 0 Å². The lowest BCUT2D eigenvalue weighted by Crippen LogP contribution is -2.31. The van der Waals surface area contributed by atoms with Crippen LogP contribution >= 0.6 is 0 Å². The first-order chi connectivity index (χ1) is 9.74. The fourth-order valence-electron chi connectivity index (χ4n) is 2.76. The van der Waals surface area contributed by atoms with Gasteiger partial charge >= 0.3 is 0 Å². The molecule has 2 aliphatic heterocycles. The van der Waals surface area contributed by atoms with E-state index in [9.17, 15) is 9.50 Å². The smallest absolute Gasteiger partial charge is 0.150 e. The summed E-state index contributed by atoms with van der Waals surface area (Å²) in [6, 6.07) is 4.92. The minimum absolute atomic E-state index is 0.266.